The largest absolute Gasteiger partial charge is 0.391 e. The number of fused-ring (bicyclic) bond motifs is 1. The molecule has 2 aromatic rings. The molecule has 2 heterocycles. The topological polar surface area (TPSA) is 33.1 Å². The van der Waals surface area contributed by atoms with Crippen LogP contribution in [0.1, 0.15) is 10.4 Å². The molecule has 0 aromatic carbocycles. The molecule has 0 amide bonds. The average Bonchev–Trinajstić information content (AvgIpc) is 2.44. The van der Waals surface area contributed by atoms with Gasteiger partial charge in [-0.3, -0.25) is 0 Å². The van der Waals surface area contributed by atoms with Crippen LogP contribution in [0.4, 0.5) is 0 Å². The lowest BCUT2D eigenvalue weighted by atomic mass is 10.2. The second kappa shape index (κ2) is 2.84. The van der Waals surface area contributed by atoms with Gasteiger partial charge in [0.15, 0.2) is 0 Å². The molecule has 0 fully saturated rings. The Bertz CT molecular complexity index is 408. The van der Waals surface area contributed by atoms with Crippen LogP contribution in [-0.2, 0) is 6.61 Å². The van der Waals surface area contributed by atoms with Crippen molar-refractivity contribution in [2.75, 3.05) is 0 Å². The van der Waals surface area contributed by atoms with E-state index < -0.39 is 0 Å². The molecule has 0 aliphatic heterocycles. The standard InChI is InChI=1S/C9H9NOS/c1-6-7-3-2-4-10-9(7)12-8(6)5-11/h2-4,11H,5H2,1H3. The highest BCUT2D eigenvalue weighted by atomic mass is 32.1. The van der Waals surface area contributed by atoms with Crippen molar-refractivity contribution in [3.63, 3.8) is 0 Å². The van der Waals surface area contributed by atoms with Crippen LogP contribution in [0.2, 0.25) is 0 Å². The highest BCUT2D eigenvalue weighted by Crippen LogP contribution is 2.28. The Kier molecular flexibility index (Phi) is 1.83. The van der Waals surface area contributed by atoms with Crippen molar-refractivity contribution in [3.8, 4) is 0 Å². The summed E-state index contributed by atoms with van der Waals surface area (Å²) >= 11 is 1.56. The van der Waals surface area contributed by atoms with Crippen LogP contribution in [0.3, 0.4) is 0 Å². The number of aliphatic hydroxyl groups excluding tert-OH is 1. The maximum absolute atomic E-state index is 9.00. The molecule has 0 radical (unpaired) electrons. The summed E-state index contributed by atoms with van der Waals surface area (Å²) in [7, 11) is 0. The van der Waals surface area contributed by atoms with Crippen molar-refractivity contribution >= 4 is 21.6 Å². The van der Waals surface area contributed by atoms with E-state index in [9.17, 15) is 0 Å². The third kappa shape index (κ3) is 1.02. The van der Waals surface area contributed by atoms with E-state index in [1.165, 1.54) is 0 Å². The molecule has 3 heteroatoms. The lowest BCUT2D eigenvalue weighted by Gasteiger charge is -1.90. The smallest absolute Gasteiger partial charge is 0.123 e. The lowest BCUT2D eigenvalue weighted by molar-refractivity contribution is 0.285. The Balaban J connectivity index is 2.78. The van der Waals surface area contributed by atoms with Crippen LogP contribution in [0.25, 0.3) is 10.2 Å². The molecule has 1 N–H and O–H groups in total. The van der Waals surface area contributed by atoms with Crippen LogP contribution >= 0.6 is 11.3 Å². The molecule has 0 spiro atoms. The van der Waals surface area contributed by atoms with Gasteiger partial charge in [0.25, 0.3) is 0 Å². The van der Waals surface area contributed by atoms with E-state index >= 15 is 0 Å². The monoisotopic (exact) mass is 179 g/mol. The molecule has 12 heavy (non-hydrogen) atoms. The number of hydrogen-bond donors (Lipinski definition) is 1. The average molecular weight is 179 g/mol. The minimum Gasteiger partial charge on any atom is -0.391 e. The first-order valence-electron chi connectivity index (χ1n) is 3.77. The molecule has 0 aliphatic carbocycles. The van der Waals surface area contributed by atoms with Gasteiger partial charge in [-0.25, -0.2) is 4.98 Å². The van der Waals surface area contributed by atoms with Crippen molar-refractivity contribution in [2.24, 2.45) is 0 Å². The fourth-order valence-electron chi connectivity index (χ4n) is 1.25. The van der Waals surface area contributed by atoms with Gasteiger partial charge in [-0.05, 0) is 18.6 Å². The van der Waals surface area contributed by atoms with Gasteiger partial charge in [-0.2, -0.15) is 0 Å². The Morgan fingerprint density at radius 2 is 2.42 bits per heavy atom. The van der Waals surface area contributed by atoms with Crippen molar-refractivity contribution in [1.82, 2.24) is 4.98 Å². The van der Waals surface area contributed by atoms with E-state index in [1.807, 2.05) is 19.1 Å². The molecule has 2 nitrogen and oxygen atoms in total. The Morgan fingerprint density at radius 3 is 3.08 bits per heavy atom. The first kappa shape index (κ1) is 7.71. The van der Waals surface area contributed by atoms with Gasteiger partial charge in [-0.1, -0.05) is 6.07 Å². The van der Waals surface area contributed by atoms with E-state index in [0.717, 1.165) is 20.7 Å². The third-order valence-corrected chi connectivity index (χ3v) is 3.16. The molecule has 62 valence electrons. The second-order valence-electron chi connectivity index (χ2n) is 2.66. The van der Waals surface area contributed by atoms with Crippen LogP contribution in [0, 0.1) is 6.92 Å². The number of thiophene rings is 1. The first-order valence-corrected chi connectivity index (χ1v) is 4.58. The molecule has 0 saturated carbocycles. The van der Waals surface area contributed by atoms with Crippen molar-refractivity contribution in [2.45, 2.75) is 13.5 Å². The number of pyridine rings is 1. The van der Waals surface area contributed by atoms with Crippen LogP contribution in [-0.4, -0.2) is 10.1 Å². The summed E-state index contributed by atoms with van der Waals surface area (Å²) in [6.45, 7) is 2.14. The molecule has 0 atom stereocenters. The number of aryl methyl sites for hydroxylation is 1. The van der Waals surface area contributed by atoms with Gasteiger partial charge in [-0.15, -0.1) is 11.3 Å². The summed E-state index contributed by atoms with van der Waals surface area (Å²) in [6, 6.07) is 3.95. The lowest BCUT2D eigenvalue weighted by Crippen LogP contribution is -1.78. The minimum atomic E-state index is 0.118. The SMILES string of the molecule is Cc1c(CO)sc2ncccc12. The quantitative estimate of drug-likeness (QED) is 0.727. The highest BCUT2D eigenvalue weighted by molar-refractivity contribution is 7.18. The zero-order valence-electron chi connectivity index (χ0n) is 6.74. The Hall–Kier alpha value is -0.930. The number of aliphatic hydroxyl groups is 1. The van der Waals surface area contributed by atoms with E-state index in [2.05, 4.69) is 4.98 Å². The number of nitrogens with zero attached hydrogens (tertiary/aromatic N) is 1. The molecule has 0 bridgehead atoms. The Morgan fingerprint density at radius 1 is 1.58 bits per heavy atom. The summed E-state index contributed by atoms with van der Waals surface area (Å²) in [5, 5.41) is 10.2. The molecule has 2 rings (SSSR count). The van der Waals surface area contributed by atoms with Gasteiger partial charge in [0.05, 0.1) is 6.61 Å². The molecule has 0 unspecified atom stereocenters. The molecule has 2 aromatic heterocycles. The zero-order valence-corrected chi connectivity index (χ0v) is 7.56. The van der Waals surface area contributed by atoms with Crippen molar-refractivity contribution < 1.29 is 5.11 Å². The first-order chi connectivity index (χ1) is 5.83. The molecular formula is C9H9NOS. The number of rotatable bonds is 1. The van der Waals surface area contributed by atoms with Gasteiger partial charge in [0.1, 0.15) is 4.83 Å². The van der Waals surface area contributed by atoms with E-state index in [4.69, 9.17) is 5.11 Å². The maximum Gasteiger partial charge on any atom is 0.123 e. The van der Waals surface area contributed by atoms with E-state index in [0.29, 0.717) is 0 Å². The molecular weight excluding hydrogens is 170 g/mol. The predicted molar refractivity (Wildman–Crippen MR) is 50.3 cm³/mol. The van der Waals surface area contributed by atoms with Crippen LogP contribution < -0.4 is 0 Å². The Labute approximate surface area is 74.5 Å². The van der Waals surface area contributed by atoms with Gasteiger partial charge in [0.2, 0.25) is 0 Å². The number of aromatic nitrogens is 1. The van der Waals surface area contributed by atoms with Crippen molar-refractivity contribution in [3.05, 3.63) is 28.8 Å². The normalized spacial score (nSPS) is 10.8. The van der Waals surface area contributed by atoms with E-state index in [1.54, 1.807) is 17.5 Å². The molecule has 0 aliphatic rings. The maximum atomic E-state index is 9.00. The zero-order chi connectivity index (χ0) is 8.55. The minimum absolute atomic E-state index is 0.118. The fraction of sp³-hybridized carbons (Fsp3) is 0.222. The van der Waals surface area contributed by atoms with Crippen LogP contribution in [0.15, 0.2) is 18.3 Å². The summed E-state index contributed by atoms with van der Waals surface area (Å²) in [4.78, 5) is 6.25. The number of hydrogen-bond acceptors (Lipinski definition) is 3. The summed E-state index contributed by atoms with van der Waals surface area (Å²) < 4.78 is 0. The van der Waals surface area contributed by atoms with Gasteiger partial charge in [0, 0.05) is 16.5 Å². The highest BCUT2D eigenvalue weighted by Gasteiger charge is 2.06. The predicted octanol–water partition coefficient (Wildman–Crippen LogP) is 2.10. The molecule has 0 saturated heterocycles. The van der Waals surface area contributed by atoms with E-state index in [-0.39, 0.29) is 6.61 Å². The second-order valence-corrected chi connectivity index (χ2v) is 3.75. The fourth-order valence-corrected chi connectivity index (χ4v) is 2.26. The third-order valence-electron chi connectivity index (χ3n) is 1.96. The van der Waals surface area contributed by atoms with Gasteiger partial charge >= 0.3 is 0 Å². The summed E-state index contributed by atoms with van der Waals surface area (Å²) in [6.07, 6.45) is 1.78. The summed E-state index contributed by atoms with van der Waals surface area (Å²) in [5.74, 6) is 0. The van der Waals surface area contributed by atoms with Crippen molar-refractivity contribution in [1.29, 1.82) is 0 Å². The van der Waals surface area contributed by atoms with Gasteiger partial charge < -0.3 is 5.11 Å². The summed E-state index contributed by atoms with van der Waals surface area (Å²) in [5.41, 5.74) is 1.16. The van der Waals surface area contributed by atoms with Crippen LogP contribution in [0.5, 0.6) is 0 Å².